The minimum absolute atomic E-state index is 0.271. The molecule has 0 unspecified atom stereocenters. The molecule has 2 heterocycles. The molecule has 0 saturated heterocycles. The second-order valence-electron chi connectivity index (χ2n) is 8.62. The van der Waals surface area contributed by atoms with Crippen molar-refractivity contribution < 1.29 is 4.79 Å². The van der Waals surface area contributed by atoms with Gasteiger partial charge in [0.2, 0.25) is 0 Å². The topological polar surface area (TPSA) is 66.9 Å². The number of carbonyl (C=O) groups excluding carboxylic acids is 1. The van der Waals surface area contributed by atoms with Gasteiger partial charge in [0.15, 0.2) is 0 Å². The molecular weight excluding hydrogens is 432 g/mol. The molecule has 2 N–H and O–H groups in total. The maximum absolute atomic E-state index is 13.2. The highest BCUT2D eigenvalue weighted by Crippen LogP contribution is 2.38. The molecule has 33 heavy (non-hydrogen) atoms. The van der Waals surface area contributed by atoms with Crippen LogP contribution < -0.4 is 10.6 Å². The summed E-state index contributed by atoms with van der Waals surface area (Å²) >= 11 is 6.54. The van der Waals surface area contributed by atoms with Crippen molar-refractivity contribution in [3.63, 3.8) is 0 Å². The fourth-order valence-corrected chi connectivity index (χ4v) is 4.29. The number of hydrogen-bond donors (Lipinski definition) is 2. The normalized spacial score (nSPS) is 11.2. The molecule has 6 heteroatoms. The number of aromatic nitrogens is 2. The Hall–Kier alpha value is -3.44. The minimum Gasteiger partial charge on any atom is -0.307 e. The summed E-state index contributed by atoms with van der Waals surface area (Å²) < 4.78 is 0. The Labute approximate surface area is 199 Å². The van der Waals surface area contributed by atoms with Crippen molar-refractivity contribution in [1.29, 1.82) is 0 Å². The van der Waals surface area contributed by atoms with E-state index in [-0.39, 0.29) is 17.9 Å². The first kappa shape index (κ1) is 22.7. The van der Waals surface area contributed by atoms with Crippen LogP contribution in [0.4, 0.5) is 16.2 Å². The third kappa shape index (κ3) is 4.69. The molecule has 4 aromatic rings. The lowest BCUT2D eigenvalue weighted by Gasteiger charge is -2.21. The zero-order chi connectivity index (χ0) is 23.5. The molecule has 0 aliphatic rings. The van der Waals surface area contributed by atoms with Crippen LogP contribution in [0.1, 0.15) is 50.7 Å². The Balaban J connectivity index is 1.77. The molecule has 168 valence electrons. The van der Waals surface area contributed by atoms with Crippen molar-refractivity contribution in [1.82, 2.24) is 9.97 Å². The highest BCUT2D eigenvalue weighted by Gasteiger charge is 2.19. The second kappa shape index (κ2) is 9.59. The molecule has 2 aromatic heterocycles. The standard InChI is InChI=1S/C27H27ClN4O/c1-16(2)18-9-7-10-19(17(3)4)26(18)32-27(33)31-24-15-30-23-14-29-13-12-21(23)25(24)20-8-5-6-11-22(20)28/h5-17H,1-4H3,(H2,31,32,33). The van der Waals surface area contributed by atoms with E-state index in [0.29, 0.717) is 10.7 Å². The minimum atomic E-state index is -0.325. The highest BCUT2D eigenvalue weighted by molar-refractivity contribution is 6.34. The number of urea groups is 1. The molecule has 4 rings (SSSR count). The average Bonchev–Trinajstić information content (AvgIpc) is 2.79. The molecule has 0 aliphatic carbocycles. The van der Waals surface area contributed by atoms with Crippen molar-refractivity contribution >= 4 is 39.9 Å². The van der Waals surface area contributed by atoms with Gasteiger partial charge in [0.05, 0.1) is 23.6 Å². The molecule has 2 aromatic carbocycles. The number of para-hydroxylation sites is 1. The fraction of sp³-hybridized carbons (Fsp3) is 0.222. The number of fused-ring (bicyclic) bond motifs is 1. The van der Waals surface area contributed by atoms with Crippen LogP contribution in [-0.4, -0.2) is 16.0 Å². The van der Waals surface area contributed by atoms with Crippen LogP contribution in [0.5, 0.6) is 0 Å². The van der Waals surface area contributed by atoms with Crippen molar-refractivity contribution in [2.75, 3.05) is 10.6 Å². The summed E-state index contributed by atoms with van der Waals surface area (Å²) in [5.41, 5.74) is 5.99. The highest BCUT2D eigenvalue weighted by atomic mass is 35.5. The van der Waals surface area contributed by atoms with E-state index < -0.39 is 0 Å². The van der Waals surface area contributed by atoms with Crippen LogP contribution in [0.2, 0.25) is 5.02 Å². The summed E-state index contributed by atoms with van der Waals surface area (Å²) in [5.74, 6) is 0.542. The first-order valence-corrected chi connectivity index (χ1v) is 11.4. The van der Waals surface area contributed by atoms with Gasteiger partial charge in [0, 0.05) is 33.4 Å². The van der Waals surface area contributed by atoms with Crippen molar-refractivity contribution in [3.8, 4) is 11.1 Å². The summed E-state index contributed by atoms with van der Waals surface area (Å²) in [6.07, 6.45) is 5.06. The number of nitrogens with zero attached hydrogens (tertiary/aromatic N) is 2. The van der Waals surface area contributed by atoms with Gasteiger partial charge in [-0.25, -0.2) is 4.79 Å². The number of amides is 2. The Bertz CT molecular complexity index is 1290. The summed E-state index contributed by atoms with van der Waals surface area (Å²) in [6.45, 7) is 8.50. The van der Waals surface area contributed by atoms with Crippen LogP contribution in [0.25, 0.3) is 22.0 Å². The lowest BCUT2D eigenvalue weighted by atomic mass is 9.93. The Morgan fingerprint density at radius 2 is 1.58 bits per heavy atom. The van der Waals surface area contributed by atoms with E-state index in [1.807, 2.05) is 36.4 Å². The van der Waals surface area contributed by atoms with Gasteiger partial charge in [-0.05, 0) is 35.1 Å². The van der Waals surface area contributed by atoms with Gasteiger partial charge in [0.1, 0.15) is 0 Å². The number of benzene rings is 2. The average molecular weight is 459 g/mol. The number of carbonyl (C=O) groups is 1. The van der Waals surface area contributed by atoms with Gasteiger partial charge in [-0.1, -0.05) is 75.7 Å². The molecule has 0 radical (unpaired) electrons. The molecule has 2 amide bonds. The molecular formula is C27H27ClN4O. The van der Waals surface area contributed by atoms with Gasteiger partial charge in [-0.3, -0.25) is 9.97 Å². The van der Waals surface area contributed by atoms with E-state index in [4.69, 9.17) is 11.6 Å². The molecule has 0 fully saturated rings. The van der Waals surface area contributed by atoms with Crippen LogP contribution in [0.3, 0.4) is 0 Å². The largest absolute Gasteiger partial charge is 0.323 e. The molecule has 5 nitrogen and oxygen atoms in total. The summed E-state index contributed by atoms with van der Waals surface area (Å²) in [4.78, 5) is 21.9. The number of anilines is 2. The van der Waals surface area contributed by atoms with Gasteiger partial charge >= 0.3 is 6.03 Å². The Morgan fingerprint density at radius 1 is 0.879 bits per heavy atom. The third-order valence-electron chi connectivity index (χ3n) is 5.67. The van der Waals surface area contributed by atoms with E-state index in [9.17, 15) is 4.79 Å². The fourth-order valence-electron chi connectivity index (χ4n) is 4.06. The van der Waals surface area contributed by atoms with Crippen molar-refractivity contribution in [2.45, 2.75) is 39.5 Å². The number of halogens is 1. The van der Waals surface area contributed by atoms with E-state index in [1.54, 1.807) is 18.6 Å². The zero-order valence-electron chi connectivity index (χ0n) is 19.2. The summed E-state index contributed by atoms with van der Waals surface area (Å²) in [7, 11) is 0. The van der Waals surface area contributed by atoms with E-state index in [1.165, 1.54) is 0 Å². The Morgan fingerprint density at radius 3 is 2.24 bits per heavy atom. The first-order valence-electron chi connectivity index (χ1n) is 11.0. The first-order chi connectivity index (χ1) is 15.9. The maximum atomic E-state index is 13.2. The second-order valence-corrected chi connectivity index (χ2v) is 9.03. The lowest BCUT2D eigenvalue weighted by Crippen LogP contribution is -2.22. The van der Waals surface area contributed by atoms with E-state index in [0.717, 1.165) is 38.8 Å². The SMILES string of the molecule is CC(C)c1cccc(C(C)C)c1NC(=O)Nc1cnc2cnccc2c1-c1ccccc1Cl. The maximum Gasteiger partial charge on any atom is 0.323 e. The lowest BCUT2D eigenvalue weighted by molar-refractivity contribution is 0.262. The molecule has 0 bridgehead atoms. The van der Waals surface area contributed by atoms with Gasteiger partial charge in [0.25, 0.3) is 0 Å². The van der Waals surface area contributed by atoms with E-state index >= 15 is 0 Å². The van der Waals surface area contributed by atoms with Gasteiger partial charge < -0.3 is 10.6 Å². The number of rotatable bonds is 5. The predicted octanol–water partition coefficient (Wildman–Crippen LogP) is 7.84. The van der Waals surface area contributed by atoms with Gasteiger partial charge in [-0.15, -0.1) is 0 Å². The monoisotopic (exact) mass is 458 g/mol. The quantitative estimate of drug-likeness (QED) is 0.320. The molecule has 0 aliphatic heterocycles. The van der Waals surface area contributed by atoms with E-state index in [2.05, 4.69) is 60.4 Å². The number of nitrogens with one attached hydrogen (secondary N) is 2. The van der Waals surface area contributed by atoms with Crippen molar-refractivity contribution in [2.24, 2.45) is 0 Å². The van der Waals surface area contributed by atoms with Crippen LogP contribution in [-0.2, 0) is 0 Å². The summed E-state index contributed by atoms with van der Waals surface area (Å²) in [5, 5.41) is 7.58. The predicted molar refractivity (Wildman–Crippen MR) is 137 cm³/mol. The molecule has 0 atom stereocenters. The van der Waals surface area contributed by atoms with Crippen molar-refractivity contribution in [3.05, 3.63) is 83.3 Å². The molecule has 0 saturated carbocycles. The smallest absolute Gasteiger partial charge is 0.307 e. The Kier molecular flexibility index (Phi) is 6.61. The van der Waals surface area contributed by atoms with Crippen LogP contribution in [0, 0.1) is 0 Å². The van der Waals surface area contributed by atoms with Gasteiger partial charge in [-0.2, -0.15) is 0 Å². The zero-order valence-corrected chi connectivity index (χ0v) is 19.9. The summed E-state index contributed by atoms with van der Waals surface area (Å²) in [6, 6.07) is 15.3. The number of hydrogen-bond acceptors (Lipinski definition) is 3. The third-order valence-corrected chi connectivity index (χ3v) is 6.00. The number of pyridine rings is 2. The van der Waals surface area contributed by atoms with Crippen LogP contribution >= 0.6 is 11.6 Å². The molecule has 0 spiro atoms. The van der Waals surface area contributed by atoms with Crippen LogP contribution in [0.15, 0.2) is 67.1 Å².